The molecule has 0 bridgehead atoms. The van der Waals surface area contributed by atoms with Crippen molar-refractivity contribution >= 4 is 5.91 Å². The molecule has 0 unspecified atom stereocenters. The van der Waals surface area contributed by atoms with Gasteiger partial charge in [-0.25, -0.2) is 0 Å². The minimum Gasteiger partial charge on any atom is -0.355 e. The topological polar surface area (TPSA) is 29.1 Å². The molecule has 0 radical (unpaired) electrons. The molecule has 0 atom stereocenters. The first-order chi connectivity index (χ1) is 7.35. The first kappa shape index (κ1) is 12.5. The highest BCUT2D eigenvalue weighted by atomic mass is 19.4. The second kappa shape index (κ2) is 4.55. The quantitative estimate of drug-likeness (QED) is 0.832. The van der Waals surface area contributed by atoms with E-state index in [4.69, 9.17) is 0 Å². The number of alkyl halides is 3. The zero-order chi connectivity index (χ0) is 12.3. The maximum atomic E-state index is 12.3. The molecule has 0 saturated heterocycles. The van der Waals surface area contributed by atoms with Gasteiger partial charge in [-0.3, -0.25) is 4.79 Å². The maximum Gasteiger partial charge on any atom is 0.393 e. The standard InChI is InChI=1S/C11H12F3NO/c1-7-4-3-5-8(6-11(12,13)14)9(7)10(16)15-2/h3-5H,6H2,1-2H3,(H,15,16). The van der Waals surface area contributed by atoms with E-state index < -0.39 is 18.5 Å². The number of rotatable bonds is 2. The van der Waals surface area contributed by atoms with Gasteiger partial charge in [-0.15, -0.1) is 0 Å². The van der Waals surface area contributed by atoms with Crippen LogP contribution < -0.4 is 5.32 Å². The molecule has 5 heteroatoms. The lowest BCUT2D eigenvalue weighted by molar-refractivity contribution is -0.127. The summed E-state index contributed by atoms with van der Waals surface area (Å²) in [6.07, 6.45) is -5.39. The molecule has 0 aliphatic rings. The number of hydrogen-bond acceptors (Lipinski definition) is 1. The Kier molecular flexibility index (Phi) is 3.57. The molecule has 0 aliphatic heterocycles. The summed E-state index contributed by atoms with van der Waals surface area (Å²) >= 11 is 0. The van der Waals surface area contributed by atoms with Crippen LogP contribution in [0.1, 0.15) is 21.5 Å². The van der Waals surface area contributed by atoms with E-state index in [2.05, 4.69) is 5.32 Å². The number of amides is 1. The lowest BCUT2D eigenvalue weighted by Gasteiger charge is -2.12. The molecule has 0 spiro atoms. The molecular formula is C11H12F3NO. The molecule has 0 fully saturated rings. The van der Waals surface area contributed by atoms with Crippen molar-refractivity contribution < 1.29 is 18.0 Å². The summed E-state index contributed by atoms with van der Waals surface area (Å²) in [5, 5.41) is 2.34. The fraction of sp³-hybridized carbons (Fsp3) is 0.364. The fourth-order valence-electron chi connectivity index (χ4n) is 1.54. The molecule has 2 nitrogen and oxygen atoms in total. The van der Waals surface area contributed by atoms with Crippen molar-refractivity contribution in [3.8, 4) is 0 Å². The molecule has 1 N–H and O–H groups in total. The number of carbonyl (C=O) groups excluding carboxylic acids is 1. The van der Waals surface area contributed by atoms with Gasteiger partial charge in [0.1, 0.15) is 0 Å². The molecule has 0 saturated carbocycles. The van der Waals surface area contributed by atoms with Gasteiger partial charge in [-0.1, -0.05) is 18.2 Å². The van der Waals surface area contributed by atoms with Crippen LogP contribution in [0, 0.1) is 6.92 Å². The molecule has 1 amide bonds. The second-order valence-corrected chi connectivity index (χ2v) is 3.48. The van der Waals surface area contributed by atoms with Crippen molar-refractivity contribution in [3.63, 3.8) is 0 Å². The van der Waals surface area contributed by atoms with Gasteiger partial charge in [0.2, 0.25) is 0 Å². The van der Waals surface area contributed by atoms with Gasteiger partial charge in [0.05, 0.1) is 6.42 Å². The van der Waals surface area contributed by atoms with Crippen molar-refractivity contribution in [2.24, 2.45) is 0 Å². The van der Waals surface area contributed by atoms with Gasteiger partial charge in [0, 0.05) is 12.6 Å². The summed E-state index contributed by atoms with van der Waals surface area (Å²) in [7, 11) is 1.39. The molecule has 1 aromatic carbocycles. The van der Waals surface area contributed by atoms with Crippen molar-refractivity contribution in [2.75, 3.05) is 7.05 Å². The molecule has 0 heterocycles. The number of halogens is 3. The second-order valence-electron chi connectivity index (χ2n) is 3.48. The van der Waals surface area contributed by atoms with E-state index >= 15 is 0 Å². The molecule has 88 valence electrons. The van der Waals surface area contributed by atoms with E-state index in [1.807, 2.05) is 0 Å². The van der Waals surface area contributed by atoms with Crippen LogP contribution in [0.2, 0.25) is 0 Å². The average Bonchev–Trinajstić information content (AvgIpc) is 2.14. The summed E-state index contributed by atoms with van der Waals surface area (Å²) in [6.45, 7) is 1.62. The first-order valence-corrected chi connectivity index (χ1v) is 4.72. The highest BCUT2D eigenvalue weighted by Gasteiger charge is 2.30. The Balaban J connectivity index is 3.18. The van der Waals surface area contributed by atoms with Crippen LogP contribution in [-0.2, 0) is 6.42 Å². The predicted molar refractivity (Wildman–Crippen MR) is 54.3 cm³/mol. The summed E-state index contributed by atoms with van der Waals surface area (Å²) in [6, 6.07) is 4.46. The van der Waals surface area contributed by atoms with E-state index in [0.717, 1.165) is 0 Å². The molecule has 16 heavy (non-hydrogen) atoms. The number of benzene rings is 1. The van der Waals surface area contributed by atoms with Crippen LogP contribution in [0.25, 0.3) is 0 Å². The molecule has 0 aromatic heterocycles. The lowest BCUT2D eigenvalue weighted by Crippen LogP contribution is -2.23. The van der Waals surface area contributed by atoms with Gasteiger partial charge in [0.25, 0.3) is 5.91 Å². The summed E-state index contributed by atoms with van der Waals surface area (Å²) < 4.78 is 36.9. The number of aryl methyl sites for hydroxylation is 1. The molecule has 0 aliphatic carbocycles. The van der Waals surface area contributed by atoms with Crippen LogP contribution >= 0.6 is 0 Å². The smallest absolute Gasteiger partial charge is 0.355 e. The minimum atomic E-state index is -4.31. The Morgan fingerprint density at radius 1 is 1.38 bits per heavy atom. The van der Waals surface area contributed by atoms with Crippen molar-refractivity contribution in [1.82, 2.24) is 5.32 Å². The summed E-state index contributed by atoms with van der Waals surface area (Å²) in [4.78, 5) is 11.5. The van der Waals surface area contributed by atoms with Crippen LogP contribution in [-0.4, -0.2) is 19.1 Å². The average molecular weight is 231 g/mol. The molecule has 1 rings (SSSR count). The Morgan fingerprint density at radius 2 is 2.00 bits per heavy atom. The van der Waals surface area contributed by atoms with Gasteiger partial charge >= 0.3 is 6.18 Å². The third-order valence-electron chi connectivity index (χ3n) is 2.20. The lowest BCUT2D eigenvalue weighted by atomic mass is 9.99. The fourth-order valence-corrected chi connectivity index (χ4v) is 1.54. The monoisotopic (exact) mass is 231 g/mol. The van der Waals surface area contributed by atoms with Crippen LogP contribution in [0.3, 0.4) is 0 Å². The predicted octanol–water partition coefficient (Wildman–Crippen LogP) is 2.46. The van der Waals surface area contributed by atoms with Crippen LogP contribution in [0.4, 0.5) is 13.2 Å². The number of hydrogen-bond donors (Lipinski definition) is 1. The van der Waals surface area contributed by atoms with E-state index in [9.17, 15) is 18.0 Å². The van der Waals surface area contributed by atoms with E-state index in [-0.39, 0.29) is 11.1 Å². The zero-order valence-electron chi connectivity index (χ0n) is 8.98. The van der Waals surface area contributed by atoms with E-state index in [1.165, 1.54) is 19.2 Å². The summed E-state index contributed by atoms with van der Waals surface area (Å²) in [5.41, 5.74) is 0.662. The van der Waals surface area contributed by atoms with Crippen LogP contribution in [0.15, 0.2) is 18.2 Å². The minimum absolute atomic E-state index is 0.00634. The third kappa shape index (κ3) is 2.98. The van der Waals surface area contributed by atoms with Gasteiger partial charge in [-0.2, -0.15) is 13.2 Å². The Labute approximate surface area is 91.5 Å². The van der Waals surface area contributed by atoms with Crippen molar-refractivity contribution in [1.29, 1.82) is 0 Å². The SMILES string of the molecule is CNC(=O)c1c(C)cccc1CC(F)(F)F. The Hall–Kier alpha value is -1.52. The number of carbonyl (C=O) groups is 1. The zero-order valence-corrected chi connectivity index (χ0v) is 8.98. The normalized spacial score (nSPS) is 11.3. The van der Waals surface area contributed by atoms with Gasteiger partial charge < -0.3 is 5.32 Å². The maximum absolute atomic E-state index is 12.3. The number of nitrogens with one attached hydrogen (secondary N) is 1. The third-order valence-corrected chi connectivity index (χ3v) is 2.20. The Bertz CT molecular complexity index is 399. The summed E-state index contributed by atoms with van der Waals surface area (Å²) in [5.74, 6) is -0.489. The molecule has 1 aromatic rings. The van der Waals surface area contributed by atoms with E-state index in [0.29, 0.717) is 5.56 Å². The van der Waals surface area contributed by atoms with E-state index in [1.54, 1.807) is 13.0 Å². The van der Waals surface area contributed by atoms with Gasteiger partial charge in [0.15, 0.2) is 0 Å². The molecular weight excluding hydrogens is 219 g/mol. The van der Waals surface area contributed by atoms with Crippen molar-refractivity contribution in [3.05, 3.63) is 34.9 Å². The first-order valence-electron chi connectivity index (χ1n) is 4.72. The van der Waals surface area contributed by atoms with Crippen LogP contribution in [0.5, 0.6) is 0 Å². The van der Waals surface area contributed by atoms with Gasteiger partial charge in [-0.05, 0) is 18.1 Å². The highest BCUT2D eigenvalue weighted by Crippen LogP contribution is 2.24. The largest absolute Gasteiger partial charge is 0.393 e. The Morgan fingerprint density at radius 3 is 2.50 bits per heavy atom. The van der Waals surface area contributed by atoms with Crippen molar-refractivity contribution in [2.45, 2.75) is 19.5 Å². The highest BCUT2D eigenvalue weighted by molar-refractivity contribution is 5.96.